The molecule has 1 fully saturated rings. The zero-order valence-corrected chi connectivity index (χ0v) is 10.5. The largest absolute Gasteiger partial charge is 0.387 e. The summed E-state index contributed by atoms with van der Waals surface area (Å²) in [4.78, 5) is 0. The maximum Gasteiger partial charge on any atom is 0.0948 e. The summed E-state index contributed by atoms with van der Waals surface area (Å²) in [5, 5.41) is 16.4. The number of hydrogen-bond donors (Lipinski definition) is 2. The second-order valence-electron chi connectivity index (χ2n) is 5.07. The van der Waals surface area contributed by atoms with E-state index >= 15 is 0 Å². The van der Waals surface area contributed by atoms with Crippen molar-refractivity contribution in [2.24, 2.45) is 0 Å². The van der Waals surface area contributed by atoms with Gasteiger partial charge in [-0.25, -0.2) is 0 Å². The molecule has 0 aromatic heterocycles. The first-order valence-corrected chi connectivity index (χ1v) is 6.75. The van der Waals surface area contributed by atoms with Gasteiger partial charge in [0.2, 0.25) is 0 Å². The van der Waals surface area contributed by atoms with Gasteiger partial charge in [0.1, 0.15) is 0 Å². The van der Waals surface area contributed by atoms with Crippen LogP contribution in [0.2, 0.25) is 0 Å². The van der Waals surface area contributed by atoms with Gasteiger partial charge in [-0.3, -0.25) is 0 Å². The minimum atomic E-state index is -0.406. The predicted molar refractivity (Wildman–Crippen MR) is 74.5 cm³/mol. The van der Waals surface area contributed by atoms with E-state index in [4.69, 9.17) is 0 Å². The standard InChI is InChI=1S/C16H19NO/c18-16(15-10-3-4-11-17-15)14-9-5-7-12-6-1-2-8-13(12)14/h1-2,5-9,15-18H,3-4,10-11H2. The van der Waals surface area contributed by atoms with Gasteiger partial charge in [0, 0.05) is 6.04 Å². The Bertz CT molecular complexity index is 526. The number of aliphatic hydroxyl groups is 1. The van der Waals surface area contributed by atoms with Crippen LogP contribution < -0.4 is 5.32 Å². The summed E-state index contributed by atoms with van der Waals surface area (Å²) in [6.45, 7) is 1.02. The second kappa shape index (κ2) is 5.09. The van der Waals surface area contributed by atoms with Gasteiger partial charge in [-0.05, 0) is 35.7 Å². The monoisotopic (exact) mass is 241 g/mol. The molecule has 2 N–H and O–H groups in total. The van der Waals surface area contributed by atoms with Crippen LogP contribution in [-0.4, -0.2) is 17.7 Å². The van der Waals surface area contributed by atoms with Crippen molar-refractivity contribution in [3.8, 4) is 0 Å². The van der Waals surface area contributed by atoms with Crippen molar-refractivity contribution < 1.29 is 5.11 Å². The summed E-state index contributed by atoms with van der Waals surface area (Å²) in [7, 11) is 0. The van der Waals surface area contributed by atoms with E-state index < -0.39 is 6.10 Å². The van der Waals surface area contributed by atoms with Crippen LogP contribution in [0.3, 0.4) is 0 Å². The summed E-state index contributed by atoms with van der Waals surface area (Å²) in [5.74, 6) is 0. The van der Waals surface area contributed by atoms with Crippen LogP contribution in [0, 0.1) is 0 Å². The molecule has 0 aliphatic carbocycles. The van der Waals surface area contributed by atoms with Crippen molar-refractivity contribution >= 4 is 10.8 Å². The summed E-state index contributed by atoms with van der Waals surface area (Å²) < 4.78 is 0. The molecule has 3 rings (SSSR count). The third-order valence-corrected chi connectivity index (χ3v) is 3.87. The first-order valence-electron chi connectivity index (χ1n) is 6.75. The van der Waals surface area contributed by atoms with Crippen LogP contribution in [0.4, 0.5) is 0 Å². The minimum absolute atomic E-state index is 0.199. The fourth-order valence-corrected chi connectivity index (χ4v) is 2.87. The SMILES string of the molecule is OC(c1cccc2ccccc12)C1CCCCN1. The summed E-state index contributed by atoms with van der Waals surface area (Å²) >= 11 is 0. The maximum atomic E-state index is 10.6. The molecule has 0 bridgehead atoms. The molecule has 2 aromatic carbocycles. The molecule has 1 aliphatic heterocycles. The quantitative estimate of drug-likeness (QED) is 0.847. The number of aliphatic hydroxyl groups excluding tert-OH is 1. The van der Waals surface area contributed by atoms with E-state index in [0.29, 0.717) is 0 Å². The van der Waals surface area contributed by atoms with Gasteiger partial charge in [0.25, 0.3) is 0 Å². The van der Waals surface area contributed by atoms with E-state index in [1.807, 2.05) is 24.3 Å². The molecule has 0 saturated carbocycles. The molecule has 18 heavy (non-hydrogen) atoms. The van der Waals surface area contributed by atoms with E-state index in [9.17, 15) is 5.11 Å². The molecule has 2 unspecified atom stereocenters. The molecule has 1 aliphatic rings. The van der Waals surface area contributed by atoms with Crippen molar-refractivity contribution in [1.29, 1.82) is 0 Å². The highest BCUT2D eigenvalue weighted by Gasteiger charge is 2.23. The number of piperidine rings is 1. The molecule has 2 atom stereocenters. The van der Waals surface area contributed by atoms with E-state index in [1.165, 1.54) is 23.6 Å². The number of fused-ring (bicyclic) bond motifs is 1. The van der Waals surface area contributed by atoms with E-state index in [1.54, 1.807) is 0 Å². The molecule has 94 valence electrons. The van der Waals surface area contributed by atoms with Gasteiger partial charge in [-0.2, -0.15) is 0 Å². The van der Waals surface area contributed by atoms with Gasteiger partial charge in [-0.1, -0.05) is 48.9 Å². The summed E-state index contributed by atoms with van der Waals surface area (Å²) in [6, 6.07) is 14.6. The third-order valence-electron chi connectivity index (χ3n) is 3.87. The molecule has 2 nitrogen and oxygen atoms in total. The Hall–Kier alpha value is -1.38. The van der Waals surface area contributed by atoms with Gasteiger partial charge in [0.05, 0.1) is 6.10 Å². The van der Waals surface area contributed by atoms with Crippen molar-refractivity contribution in [3.05, 3.63) is 48.0 Å². The highest BCUT2D eigenvalue weighted by atomic mass is 16.3. The Morgan fingerprint density at radius 1 is 1.06 bits per heavy atom. The number of benzene rings is 2. The fraction of sp³-hybridized carbons (Fsp3) is 0.375. The van der Waals surface area contributed by atoms with Gasteiger partial charge >= 0.3 is 0 Å². The zero-order valence-electron chi connectivity index (χ0n) is 10.5. The smallest absolute Gasteiger partial charge is 0.0948 e. The highest BCUT2D eigenvalue weighted by molar-refractivity contribution is 5.86. The van der Waals surface area contributed by atoms with Gasteiger partial charge in [-0.15, -0.1) is 0 Å². The Kier molecular flexibility index (Phi) is 3.31. The van der Waals surface area contributed by atoms with Crippen LogP contribution in [-0.2, 0) is 0 Å². The molecular formula is C16H19NO. The molecule has 0 spiro atoms. The second-order valence-corrected chi connectivity index (χ2v) is 5.07. The first kappa shape index (κ1) is 11.7. The van der Waals surface area contributed by atoms with Gasteiger partial charge < -0.3 is 10.4 Å². The lowest BCUT2D eigenvalue weighted by molar-refractivity contribution is 0.115. The number of rotatable bonds is 2. The molecule has 1 heterocycles. The lowest BCUT2D eigenvalue weighted by atomic mass is 9.92. The van der Waals surface area contributed by atoms with E-state index in [-0.39, 0.29) is 6.04 Å². The van der Waals surface area contributed by atoms with E-state index in [0.717, 1.165) is 18.5 Å². The number of hydrogen-bond acceptors (Lipinski definition) is 2. The Balaban J connectivity index is 1.97. The molecule has 1 saturated heterocycles. The average molecular weight is 241 g/mol. The number of nitrogens with one attached hydrogen (secondary N) is 1. The Labute approximate surface area is 108 Å². The Morgan fingerprint density at radius 2 is 1.89 bits per heavy atom. The molecule has 0 radical (unpaired) electrons. The van der Waals surface area contributed by atoms with Crippen molar-refractivity contribution in [1.82, 2.24) is 5.32 Å². The van der Waals surface area contributed by atoms with Crippen LogP contribution in [0.25, 0.3) is 10.8 Å². The van der Waals surface area contributed by atoms with Crippen molar-refractivity contribution in [2.45, 2.75) is 31.4 Å². The zero-order chi connectivity index (χ0) is 12.4. The minimum Gasteiger partial charge on any atom is -0.387 e. The van der Waals surface area contributed by atoms with Crippen LogP contribution in [0.1, 0.15) is 30.9 Å². The van der Waals surface area contributed by atoms with Gasteiger partial charge in [0.15, 0.2) is 0 Å². The summed E-state index contributed by atoms with van der Waals surface area (Å²) in [5.41, 5.74) is 1.05. The molecule has 2 heteroatoms. The average Bonchev–Trinajstić information content (AvgIpc) is 2.47. The predicted octanol–water partition coefficient (Wildman–Crippen LogP) is 3.02. The molecular weight excluding hydrogens is 222 g/mol. The van der Waals surface area contributed by atoms with Crippen LogP contribution in [0.15, 0.2) is 42.5 Å². The molecule has 0 amide bonds. The Morgan fingerprint density at radius 3 is 2.72 bits per heavy atom. The van der Waals surface area contributed by atoms with E-state index in [2.05, 4.69) is 23.5 Å². The normalized spacial score (nSPS) is 21.9. The lowest BCUT2D eigenvalue weighted by Gasteiger charge is -2.28. The molecule has 2 aromatic rings. The van der Waals surface area contributed by atoms with Crippen molar-refractivity contribution in [2.75, 3.05) is 6.54 Å². The summed E-state index contributed by atoms with van der Waals surface area (Å²) in [6.07, 6.45) is 3.08. The third kappa shape index (κ3) is 2.14. The fourth-order valence-electron chi connectivity index (χ4n) is 2.87. The maximum absolute atomic E-state index is 10.6. The lowest BCUT2D eigenvalue weighted by Crippen LogP contribution is -2.38. The highest BCUT2D eigenvalue weighted by Crippen LogP contribution is 2.28. The first-order chi connectivity index (χ1) is 8.86. The van der Waals surface area contributed by atoms with Crippen LogP contribution in [0.5, 0.6) is 0 Å². The topological polar surface area (TPSA) is 32.3 Å². The van der Waals surface area contributed by atoms with Crippen molar-refractivity contribution in [3.63, 3.8) is 0 Å². The van der Waals surface area contributed by atoms with Crippen LogP contribution >= 0.6 is 0 Å².